The van der Waals surface area contributed by atoms with Crippen LogP contribution in [0.25, 0.3) is 0 Å². The van der Waals surface area contributed by atoms with Gasteiger partial charge in [-0.2, -0.15) is 0 Å². The summed E-state index contributed by atoms with van der Waals surface area (Å²) in [5.41, 5.74) is 0.0670. The average molecular weight is 311 g/mol. The second kappa shape index (κ2) is 5.61. The van der Waals surface area contributed by atoms with E-state index < -0.39 is 4.92 Å². The minimum Gasteiger partial charge on any atom is -0.374 e. The fourth-order valence-corrected chi connectivity index (χ4v) is 3.32. The molecule has 6 nitrogen and oxygen atoms in total. The normalized spacial score (nSPS) is 24.7. The summed E-state index contributed by atoms with van der Waals surface area (Å²) in [5, 5.41) is 11.0. The summed E-state index contributed by atoms with van der Waals surface area (Å²) >= 11 is 5.78. The van der Waals surface area contributed by atoms with Crippen LogP contribution >= 0.6 is 11.6 Å². The van der Waals surface area contributed by atoms with Crippen molar-refractivity contribution < 1.29 is 14.5 Å². The summed E-state index contributed by atoms with van der Waals surface area (Å²) in [4.78, 5) is 24.8. The molecule has 2 aliphatic rings. The fourth-order valence-electron chi connectivity index (χ4n) is 3.13. The predicted molar refractivity (Wildman–Crippen MR) is 76.5 cm³/mol. The van der Waals surface area contributed by atoms with E-state index in [1.807, 2.05) is 0 Å². The molecule has 21 heavy (non-hydrogen) atoms. The van der Waals surface area contributed by atoms with Gasteiger partial charge in [0.25, 0.3) is 11.6 Å². The molecule has 0 spiro atoms. The van der Waals surface area contributed by atoms with Crippen molar-refractivity contribution in [1.82, 2.24) is 4.90 Å². The van der Waals surface area contributed by atoms with Gasteiger partial charge < -0.3 is 9.64 Å². The Morgan fingerprint density at radius 2 is 2.24 bits per heavy atom. The number of nitro groups is 1. The molecule has 0 bridgehead atoms. The molecule has 1 amide bonds. The van der Waals surface area contributed by atoms with Gasteiger partial charge >= 0.3 is 0 Å². The van der Waals surface area contributed by atoms with Crippen LogP contribution in [0.15, 0.2) is 18.2 Å². The molecule has 2 fully saturated rings. The molecule has 0 radical (unpaired) electrons. The number of nitro benzene ring substituents is 1. The van der Waals surface area contributed by atoms with Crippen LogP contribution in [0.1, 0.15) is 29.6 Å². The summed E-state index contributed by atoms with van der Waals surface area (Å²) < 4.78 is 5.68. The SMILES string of the molecule is O=C(c1ccc(Cl)c([N+](=O)[O-])c1)N1CCOC2CCCC21. The summed E-state index contributed by atoms with van der Waals surface area (Å²) in [7, 11) is 0. The summed E-state index contributed by atoms with van der Waals surface area (Å²) in [6.07, 6.45) is 3.03. The first-order valence-electron chi connectivity index (χ1n) is 6.94. The molecular weight excluding hydrogens is 296 g/mol. The maximum Gasteiger partial charge on any atom is 0.288 e. The maximum atomic E-state index is 12.6. The van der Waals surface area contributed by atoms with Crippen LogP contribution in [0.3, 0.4) is 0 Å². The highest BCUT2D eigenvalue weighted by Crippen LogP contribution is 2.32. The number of hydrogen-bond donors (Lipinski definition) is 0. The van der Waals surface area contributed by atoms with E-state index in [1.54, 1.807) is 4.90 Å². The van der Waals surface area contributed by atoms with Crippen molar-refractivity contribution >= 4 is 23.2 Å². The first-order chi connectivity index (χ1) is 10.1. The molecule has 1 saturated heterocycles. The van der Waals surface area contributed by atoms with Crippen molar-refractivity contribution in [3.05, 3.63) is 38.9 Å². The zero-order chi connectivity index (χ0) is 15.0. The molecular formula is C14H15ClN2O4. The Labute approximate surface area is 126 Å². The molecule has 1 aliphatic heterocycles. The number of carbonyl (C=O) groups is 1. The number of amides is 1. The summed E-state index contributed by atoms with van der Waals surface area (Å²) in [6.45, 7) is 1.04. The molecule has 0 aromatic heterocycles. The van der Waals surface area contributed by atoms with Gasteiger partial charge in [0.15, 0.2) is 0 Å². The predicted octanol–water partition coefficient (Wildman–Crippen LogP) is 2.64. The van der Waals surface area contributed by atoms with Crippen molar-refractivity contribution in [3.8, 4) is 0 Å². The highest BCUT2D eigenvalue weighted by atomic mass is 35.5. The standard InChI is InChI=1S/C14H15ClN2O4/c15-10-5-4-9(8-12(10)17(19)20)14(18)16-6-7-21-13-3-1-2-11(13)16/h4-5,8,11,13H,1-3,6-7H2. The van der Waals surface area contributed by atoms with E-state index in [2.05, 4.69) is 0 Å². The lowest BCUT2D eigenvalue weighted by Crippen LogP contribution is -2.51. The molecule has 1 saturated carbocycles. The molecule has 1 aromatic carbocycles. The van der Waals surface area contributed by atoms with Gasteiger partial charge in [-0.3, -0.25) is 14.9 Å². The largest absolute Gasteiger partial charge is 0.374 e. The van der Waals surface area contributed by atoms with Gasteiger partial charge in [0.1, 0.15) is 5.02 Å². The van der Waals surface area contributed by atoms with Gasteiger partial charge in [-0.25, -0.2) is 0 Å². The van der Waals surface area contributed by atoms with Gasteiger partial charge in [0.2, 0.25) is 0 Å². The first-order valence-corrected chi connectivity index (χ1v) is 7.32. The van der Waals surface area contributed by atoms with Crippen LogP contribution in [0.2, 0.25) is 5.02 Å². The van der Waals surface area contributed by atoms with Crippen LogP contribution in [-0.4, -0.2) is 41.0 Å². The molecule has 1 heterocycles. The number of fused-ring (bicyclic) bond motifs is 1. The van der Waals surface area contributed by atoms with Crippen LogP contribution in [0.5, 0.6) is 0 Å². The van der Waals surface area contributed by atoms with Crippen molar-refractivity contribution in [2.75, 3.05) is 13.2 Å². The van der Waals surface area contributed by atoms with E-state index >= 15 is 0 Å². The average Bonchev–Trinajstić information content (AvgIpc) is 2.95. The van der Waals surface area contributed by atoms with Gasteiger partial charge in [-0.1, -0.05) is 11.6 Å². The van der Waals surface area contributed by atoms with Gasteiger partial charge in [0.05, 0.1) is 23.7 Å². The maximum absolute atomic E-state index is 12.6. The van der Waals surface area contributed by atoms with E-state index in [9.17, 15) is 14.9 Å². The Morgan fingerprint density at radius 3 is 3.00 bits per heavy atom. The molecule has 2 atom stereocenters. The molecule has 112 valence electrons. The second-order valence-electron chi connectivity index (χ2n) is 5.33. The van der Waals surface area contributed by atoms with Gasteiger partial charge in [0, 0.05) is 18.2 Å². The Hall–Kier alpha value is -1.66. The lowest BCUT2D eigenvalue weighted by molar-refractivity contribution is -0.384. The quantitative estimate of drug-likeness (QED) is 0.622. The second-order valence-corrected chi connectivity index (χ2v) is 5.74. The van der Waals surface area contributed by atoms with Crippen molar-refractivity contribution in [3.63, 3.8) is 0 Å². The van der Waals surface area contributed by atoms with E-state index in [1.165, 1.54) is 18.2 Å². The monoisotopic (exact) mass is 310 g/mol. The van der Waals surface area contributed by atoms with E-state index in [0.717, 1.165) is 19.3 Å². The third kappa shape index (κ3) is 2.61. The first kappa shape index (κ1) is 14.3. The number of carbonyl (C=O) groups excluding carboxylic acids is 1. The lowest BCUT2D eigenvalue weighted by atomic mass is 10.1. The van der Waals surface area contributed by atoms with Crippen LogP contribution in [0.4, 0.5) is 5.69 Å². The number of nitrogens with zero attached hydrogens (tertiary/aromatic N) is 2. The minimum absolute atomic E-state index is 0.0391. The highest BCUT2D eigenvalue weighted by Gasteiger charge is 2.38. The zero-order valence-corrected chi connectivity index (χ0v) is 12.1. The molecule has 3 rings (SSSR count). The van der Waals surface area contributed by atoms with Gasteiger partial charge in [-0.15, -0.1) is 0 Å². The Balaban J connectivity index is 1.88. The molecule has 0 N–H and O–H groups in total. The number of ether oxygens (including phenoxy) is 1. The fraction of sp³-hybridized carbons (Fsp3) is 0.500. The minimum atomic E-state index is -0.573. The number of benzene rings is 1. The zero-order valence-electron chi connectivity index (χ0n) is 11.3. The van der Waals surface area contributed by atoms with Crippen LogP contribution in [-0.2, 0) is 4.74 Å². The van der Waals surface area contributed by atoms with Crippen molar-refractivity contribution in [2.24, 2.45) is 0 Å². The molecule has 7 heteroatoms. The third-order valence-electron chi connectivity index (χ3n) is 4.13. The van der Waals surface area contributed by atoms with E-state index in [0.29, 0.717) is 18.7 Å². The highest BCUT2D eigenvalue weighted by molar-refractivity contribution is 6.32. The summed E-state index contributed by atoms with van der Waals surface area (Å²) in [6, 6.07) is 4.28. The lowest BCUT2D eigenvalue weighted by Gasteiger charge is -2.37. The topological polar surface area (TPSA) is 72.7 Å². The van der Waals surface area contributed by atoms with Crippen LogP contribution in [0, 0.1) is 10.1 Å². The number of hydrogen-bond acceptors (Lipinski definition) is 4. The van der Waals surface area contributed by atoms with Crippen LogP contribution < -0.4 is 0 Å². The molecule has 1 aliphatic carbocycles. The number of halogens is 1. The third-order valence-corrected chi connectivity index (χ3v) is 4.45. The molecule has 2 unspecified atom stereocenters. The van der Waals surface area contributed by atoms with Crippen molar-refractivity contribution in [2.45, 2.75) is 31.4 Å². The molecule has 1 aromatic rings. The van der Waals surface area contributed by atoms with Gasteiger partial charge in [-0.05, 0) is 31.4 Å². The Kier molecular flexibility index (Phi) is 3.82. The Bertz CT molecular complexity index is 592. The smallest absolute Gasteiger partial charge is 0.288 e. The summed E-state index contributed by atoms with van der Waals surface area (Å²) in [5.74, 6) is -0.185. The van der Waals surface area contributed by atoms with Crippen molar-refractivity contribution in [1.29, 1.82) is 0 Å². The number of morpholine rings is 1. The Morgan fingerprint density at radius 1 is 1.43 bits per heavy atom. The number of rotatable bonds is 2. The van der Waals surface area contributed by atoms with E-state index in [-0.39, 0.29) is 28.8 Å². The van der Waals surface area contributed by atoms with E-state index in [4.69, 9.17) is 16.3 Å².